The summed E-state index contributed by atoms with van der Waals surface area (Å²) in [5.74, 6) is 1.17. The molecule has 0 aromatic carbocycles. The van der Waals surface area contributed by atoms with Crippen molar-refractivity contribution >= 4 is 5.97 Å². The lowest BCUT2D eigenvalue weighted by molar-refractivity contribution is -0.191. The number of allylic oxidation sites excluding steroid dienone is 3. The van der Waals surface area contributed by atoms with Crippen molar-refractivity contribution in [2.45, 2.75) is 90.8 Å². The van der Waals surface area contributed by atoms with Gasteiger partial charge in [0.2, 0.25) is 0 Å². The van der Waals surface area contributed by atoms with E-state index in [0.29, 0.717) is 30.6 Å². The third kappa shape index (κ3) is 5.50. The highest BCUT2D eigenvalue weighted by Gasteiger charge is 2.42. The molecule has 2 N–H and O–H groups in total. The van der Waals surface area contributed by atoms with Gasteiger partial charge in [-0.2, -0.15) is 0 Å². The number of aliphatic hydroxyl groups excluding tert-OH is 2. The Morgan fingerprint density at radius 1 is 1.24 bits per heavy atom. The second-order valence-electron chi connectivity index (χ2n) is 9.49. The highest BCUT2D eigenvalue weighted by molar-refractivity contribution is 5.72. The van der Waals surface area contributed by atoms with Crippen molar-refractivity contribution in [1.82, 2.24) is 0 Å². The van der Waals surface area contributed by atoms with Crippen molar-refractivity contribution in [3.8, 4) is 0 Å². The van der Waals surface area contributed by atoms with Crippen LogP contribution in [0.2, 0.25) is 0 Å². The minimum atomic E-state index is -0.873. The highest BCUT2D eigenvalue weighted by atomic mass is 16.6. The molecule has 0 aromatic rings. The smallest absolute Gasteiger partial charge is 0.308 e. The lowest BCUT2D eigenvalue weighted by atomic mass is 9.65. The Balaban J connectivity index is 1.73. The van der Waals surface area contributed by atoms with Crippen LogP contribution in [-0.4, -0.2) is 40.8 Å². The number of aliphatic hydroxyl groups is 2. The number of rotatable bonds is 6. The van der Waals surface area contributed by atoms with Crippen LogP contribution < -0.4 is 0 Å². The molecule has 29 heavy (non-hydrogen) atoms. The fraction of sp³-hybridized carbons (Fsp3) is 0.792. The molecule has 3 rings (SSSR count). The first kappa shape index (κ1) is 22.5. The number of hydrogen-bond acceptors (Lipinski definition) is 5. The van der Waals surface area contributed by atoms with Gasteiger partial charge in [0.15, 0.2) is 6.29 Å². The maximum atomic E-state index is 12.6. The van der Waals surface area contributed by atoms with Crippen molar-refractivity contribution in [3.05, 3.63) is 23.8 Å². The summed E-state index contributed by atoms with van der Waals surface area (Å²) in [4.78, 5) is 12.6. The Labute approximate surface area is 175 Å². The van der Waals surface area contributed by atoms with Gasteiger partial charge in [0.1, 0.15) is 6.10 Å². The maximum absolute atomic E-state index is 12.6. The Morgan fingerprint density at radius 2 is 2.00 bits per heavy atom. The molecule has 0 spiro atoms. The maximum Gasteiger partial charge on any atom is 0.308 e. The zero-order valence-corrected chi connectivity index (χ0v) is 18.3. The molecule has 1 saturated heterocycles. The highest BCUT2D eigenvalue weighted by Crippen LogP contribution is 2.45. The second kappa shape index (κ2) is 9.76. The predicted octanol–water partition coefficient (Wildman–Crippen LogP) is 3.99. The van der Waals surface area contributed by atoms with Crippen LogP contribution in [0.25, 0.3) is 0 Å². The fourth-order valence-electron chi connectivity index (χ4n) is 5.18. The van der Waals surface area contributed by atoms with E-state index < -0.39 is 12.4 Å². The number of ether oxygens (including phenoxy) is 2. The zero-order chi connectivity index (χ0) is 21.1. The minimum Gasteiger partial charge on any atom is -0.461 e. The minimum absolute atomic E-state index is 0.0757. The van der Waals surface area contributed by atoms with Gasteiger partial charge in [-0.05, 0) is 55.4 Å². The lowest BCUT2D eigenvalue weighted by Crippen LogP contribution is -2.42. The van der Waals surface area contributed by atoms with Gasteiger partial charge in [-0.15, -0.1) is 0 Å². The van der Waals surface area contributed by atoms with E-state index >= 15 is 0 Å². The normalized spacial score (nSPS) is 40.7. The van der Waals surface area contributed by atoms with Crippen molar-refractivity contribution in [2.24, 2.45) is 29.6 Å². The molecule has 2 aliphatic carbocycles. The molecule has 3 aliphatic rings. The molecule has 0 aromatic heterocycles. The van der Waals surface area contributed by atoms with Gasteiger partial charge in [0.25, 0.3) is 0 Å². The van der Waals surface area contributed by atoms with E-state index in [-0.39, 0.29) is 30.0 Å². The summed E-state index contributed by atoms with van der Waals surface area (Å²) in [5.41, 5.74) is 1.29. The van der Waals surface area contributed by atoms with E-state index in [1.807, 2.05) is 13.8 Å². The summed E-state index contributed by atoms with van der Waals surface area (Å²) >= 11 is 0. The van der Waals surface area contributed by atoms with Crippen molar-refractivity contribution < 1.29 is 24.5 Å². The molecule has 1 unspecified atom stereocenters. The number of esters is 1. The van der Waals surface area contributed by atoms with Gasteiger partial charge in [0, 0.05) is 12.3 Å². The SMILES string of the molecule is CC[C@H](C)C(=O)O[C@H]1C[C@@H](C)C=C2C=C[C@H](C)[C@H](CC[C@@H]3C[C@@H](O)CC(O)O3)[C@H]21. The summed E-state index contributed by atoms with van der Waals surface area (Å²) in [6, 6.07) is 0. The molecule has 164 valence electrons. The molecule has 5 heteroatoms. The van der Waals surface area contributed by atoms with Crippen LogP contribution in [0.4, 0.5) is 0 Å². The van der Waals surface area contributed by atoms with Crippen molar-refractivity contribution in [1.29, 1.82) is 0 Å². The lowest BCUT2D eigenvalue weighted by Gasteiger charge is -2.43. The van der Waals surface area contributed by atoms with Gasteiger partial charge in [0.05, 0.1) is 18.1 Å². The summed E-state index contributed by atoms with van der Waals surface area (Å²) in [6.07, 6.45) is 9.47. The van der Waals surface area contributed by atoms with Crippen LogP contribution in [0, 0.1) is 29.6 Å². The zero-order valence-electron chi connectivity index (χ0n) is 18.3. The summed E-state index contributed by atoms with van der Waals surface area (Å²) in [5, 5.41) is 19.8. The van der Waals surface area contributed by atoms with Gasteiger partial charge in [-0.1, -0.05) is 45.9 Å². The van der Waals surface area contributed by atoms with Gasteiger partial charge in [-0.3, -0.25) is 4.79 Å². The van der Waals surface area contributed by atoms with E-state index in [2.05, 4.69) is 32.1 Å². The average molecular weight is 407 g/mol. The topological polar surface area (TPSA) is 76.0 Å². The third-order valence-electron chi connectivity index (χ3n) is 7.06. The van der Waals surface area contributed by atoms with E-state index in [1.165, 1.54) is 5.57 Å². The molecule has 1 heterocycles. The Morgan fingerprint density at radius 3 is 2.69 bits per heavy atom. The van der Waals surface area contributed by atoms with Crippen LogP contribution in [0.3, 0.4) is 0 Å². The Bertz CT molecular complexity index is 617. The Kier molecular flexibility index (Phi) is 7.58. The van der Waals surface area contributed by atoms with Crippen LogP contribution in [0.5, 0.6) is 0 Å². The Hall–Kier alpha value is -1.17. The van der Waals surface area contributed by atoms with E-state index in [0.717, 1.165) is 25.7 Å². The van der Waals surface area contributed by atoms with Gasteiger partial charge in [-0.25, -0.2) is 0 Å². The van der Waals surface area contributed by atoms with Crippen LogP contribution >= 0.6 is 0 Å². The molecule has 1 fully saturated rings. The quantitative estimate of drug-likeness (QED) is 0.653. The van der Waals surface area contributed by atoms with Gasteiger partial charge < -0.3 is 19.7 Å². The first-order valence-electron chi connectivity index (χ1n) is 11.4. The average Bonchev–Trinajstić information content (AvgIpc) is 2.65. The number of hydrogen-bond donors (Lipinski definition) is 2. The summed E-state index contributed by atoms with van der Waals surface area (Å²) in [6.45, 7) is 8.37. The van der Waals surface area contributed by atoms with Crippen LogP contribution in [0.15, 0.2) is 23.8 Å². The largest absolute Gasteiger partial charge is 0.461 e. The molecule has 0 bridgehead atoms. The van der Waals surface area contributed by atoms with E-state index in [9.17, 15) is 15.0 Å². The second-order valence-corrected chi connectivity index (χ2v) is 9.49. The standard InChI is InChI=1S/C24H38O5/c1-5-15(3)24(27)29-21-11-14(2)10-17-7-6-16(4)20(23(17)21)9-8-19-12-18(25)13-22(26)28-19/h6-7,10,14-16,18-23,25-26H,5,8-9,11-13H2,1-4H3/t14-,15-,16-,18+,19+,20-,21-,22?,23-/m0/s1. The molecule has 1 aliphatic heterocycles. The molecule has 0 radical (unpaired) electrons. The molecule has 0 saturated carbocycles. The molecular formula is C24H38O5. The van der Waals surface area contributed by atoms with Crippen molar-refractivity contribution in [2.75, 3.05) is 0 Å². The summed E-state index contributed by atoms with van der Waals surface area (Å²) < 4.78 is 11.7. The molecule has 0 amide bonds. The first-order valence-corrected chi connectivity index (χ1v) is 11.4. The third-order valence-corrected chi connectivity index (χ3v) is 7.06. The van der Waals surface area contributed by atoms with Crippen LogP contribution in [-0.2, 0) is 14.3 Å². The number of carbonyl (C=O) groups excluding carboxylic acids is 1. The van der Waals surface area contributed by atoms with Crippen LogP contribution in [0.1, 0.15) is 66.2 Å². The number of fused-ring (bicyclic) bond motifs is 1. The monoisotopic (exact) mass is 406 g/mol. The number of carbonyl (C=O) groups is 1. The molecule has 5 nitrogen and oxygen atoms in total. The summed E-state index contributed by atoms with van der Waals surface area (Å²) in [7, 11) is 0. The first-order chi connectivity index (χ1) is 13.8. The van der Waals surface area contributed by atoms with Crippen molar-refractivity contribution in [3.63, 3.8) is 0 Å². The predicted molar refractivity (Wildman–Crippen MR) is 112 cm³/mol. The van der Waals surface area contributed by atoms with Gasteiger partial charge >= 0.3 is 5.97 Å². The molecule has 9 atom stereocenters. The van der Waals surface area contributed by atoms with E-state index in [4.69, 9.17) is 9.47 Å². The fourth-order valence-corrected chi connectivity index (χ4v) is 5.18. The van der Waals surface area contributed by atoms with E-state index in [1.54, 1.807) is 0 Å². The molecular weight excluding hydrogens is 368 g/mol.